The zero-order chi connectivity index (χ0) is 16.9. The van der Waals surface area contributed by atoms with Crippen molar-refractivity contribution >= 4 is 11.6 Å². The molecule has 0 radical (unpaired) electrons. The first kappa shape index (κ1) is 16.4. The molecule has 5 nitrogen and oxygen atoms in total. The molecule has 126 valence electrons. The highest BCUT2D eigenvalue weighted by molar-refractivity contribution is 5.95. The molecule has 6 heteroatoms. The van der Waals surface area contributed by atoms with E-state index >= 15 is 0 Å². The number of carbonyl (C=O) groups is 1. The minimum Gasteiger partial charge on any atom is -0.457 e. The van der Waals surface area contributed by atoms with Crippen molar-refractivity contribution in [2.75, 3.05) is 18.5 Å². The maximum absolute atomic E-state index is 13.1. The number of benzene rings is 2. The van der Waals surface area contributed by atoms with Crippen LogP contribution in [0.3, 0.4) is 0 Å². The van der Waals surface area contributed by atoms with Gasteiger partial charge in [-0.05, 0) is 43.3 Å². The monoisotopic (exact) mass is 330 g/mol. The molecule has 2 N–H and O–H groups in total. The Morgan fingerprint density at radius 1 is 1.25 bits per heavy atom. The molecule has 2 atom stereocenters. The number of anilines is 1. The summed E-state index contributed by atoms with van der Waals surface area (Å²) in [7, 11) is 0. The standard InChI is InChI=1S/C18H19FN2O3/c1-12-17(20-9-10-23-12)18(22)21-14-5-7-15(8-6-14)24-16-4-2-3-13(19)11-16/h2-8,11-12,17,20H,9-10H2,1H3,(H,21,22)/t12-,17+/m1/s1. The molecule has 2 aromatic rings. The Bertz CT molecular complexity index is 706. The number of ether oxygens (including phenoxy) is 2. The lowest BCUT2D eigenvalue weighted by molar-refractivity contribution is -0.123. The molecule has 0 unspecified atom stereocenters. The third kappa shape index (κ3) is 4.10. The maximum atomic E-state index is 13.1. The van der Waals surface area contributed by atoms with E-state index in [4.69, 9.17) is 9.47 Å². The highest BCUT2D eigenvalue weighted by Gasteiger charge is 2.28. The largest absolute Gasteiger partial charge is 0.457 e. The summed E-state index contributed by atoms with van der Waals surface area (Å²) >= 11 is 0. The van der Waals surface area contributed by atoms with E-state index in [9.17, 15) is 9.18 Å². The summed E-state index contributed by atoms with van der Waals surface area (Å²) < 4.78 is 24.2. The van der Waals surface area contributed by atoms with E-state index in [2.05, 4.69) is 10.6 Å². The minimum absolute atomic E-state index is 0.138. The summed E-state index contributed by atoms with van der Waals surface area (Å²) in [6.45, 7) is 3.13. The van der Waals surface area contributed by atoms with Crippen molar-refractivity contribution in [3.63, 3.8) is 0 Å². The quantitative estimate of drug-likeness (QED) is 0.905. The lowest BCUT2D eigenvalue weighted by Gasteiger charge is -2.29. The molecule has 1 amide bonds. The lowest BCUT2D eigenvalue weighted by atomic mass is 10.1. The van der Waals surface area contributed by atoms with Gasteiger partial charge in [0.15, 0.2) is 0 Å². The molecule has 1 heterocycles. The number of carbonyl (C=O) groups excluding carboxylic acids is 1. The van der Waals surface area contributed by atoms with Gasteiger partial charge in [-0.1, -0.05) is 6.07 Å². The van der Waals surface area contributed by atoms with E-state index < -0.39 is 0 Å². The SMILES string of the molecule is C[C@H]1OCCN[C@@H]1C(=O)Nc1ccc(Oc2cccc(F)c2)cc1. The Morgan fingerprint density at radius 3 is 2.75 bits per heavy atom. The predicted octanol–water partition coefficient (Wildman–Crippen LogP) is 2.93. The van der Waals surface area contributed by atoms with Crippen LogP contribution in [0, 0.1) is 5.82 Å². The average Bonchev–Trinajstić information content (AvgIpc) is 2.57. The van der Waals surface area contributed by atoms with E-state index in [0.29, 0.717) is 30.3 Å². The van der Waals surface area contributed by atoms with Crippen molar-refractivity contribution in [1.82, 2.24) is 5.32 Å². The van der Waals surface area contributed by atoms with E-state index in [0.717, 1.165) is 0 Å². The van der Waals surface area contributed by atoms with Crippen molar-refractivity contribution in [1.29, 1.82) is 0 Å². The second-order valence-electron chi connectivity index (χ2n) is 5.58. The van der Waals surface area contributed by atoms with Crippen molar-refractivity contribution in [2.45, 2.75) is 19.1 Å². The number of amides is 1. The van der Waals surface area contributed by atoms with Crippen LogP contribution in [0.1, 0.15) is 6.92 Å². The van der Waals surface area contributed by atoms with Gasteiger partial charge in [0, 0.05) is 18.3 Å². The molecule has 0 bridgehead atoms. The van der Waals surface area contributed by atoms with Crippen LogP contribution in [0.2, 0.25) is 0 Å². The van der Waals surface area contributed by atoms with Crippen molar-refractivity contribution < 1.29 is 18.7 Å². The first-order valence-corrected chi connectivity index (χ1v) is 7.81. The molecular weight excluding hydrogens is 311 g/mol. The fourth-order valence-corrected chi connectivity index (χ4v) is 2.52. The average molecular weight is 330 g/mol. The van der Waals surface area contributed by atoms with Crippen LogP contribution in [0.5, 0.6) is 11.5 Å². The molecule has 1 saturated heterocycles. The summed E-state index contributed by atoms with van der Waals surface area (Å²) in [5.74, 6) is 0.490. The minimum atomic E-state index is -0.373. The molecule has 24 heavy (non-hydrogen) atoms. The molecule has 1 aliphatic heterocycles. The highest BCUT2D eigenvalue weighted by atomic mass is 19.1. The smallest absolute Gasteiger partial charge is 0.244 e. The number of hydrogen-bond donors (Lipinski definition) is 2. The van der Waals surface area contributed by atoms with Gasteiger partial charge in [0.05, 0.1) is 12.7 Å². The zero-order valence-corrected chi connectivity index (χ0v) is 13.3. The summed E-state index contributed by atoms with van der Waals surface area (Å²) in [4.78, 5) is 12.3. The fraction of sp³-hybridized carbons (Fsp3) is 0.278. The Morgan fingerprint density at radius 2 is 2.04 bits per heavy atom. The first-order valence-electron chi connectivity index (χ1n) is 7.81. The molecule has 1 fully saturated rings. The fourth-order valence-electron chi connectivity index (χ4n) is 2.52. The van der Waals surface area contributed by atoms with Crippen LogP contribution in [0.4, 0.5) is 10.1 Å². The molecule has 0 aliphatic carbocycles. The topological polar surface area (TPSA) is 59.6 Å². The van der Waals surface area contributed by atoms with Crippen LogP contribution < -0.4 is 15.4 Å². The number of hydrogen-bond acceptors (Lipinski definition) is 4. The van der Waals surface area contributed by atoms with Gasteiger partial charge in [-0.3, -0.25) is 4.79 Å². The van der Waals surface area contributed by atoms with Crippen molar-refractivity contribution in [2.24, 2.45) is 0 Å². The summed E-state index contributed by atoms with van der Waals surface area (Å²) in [5.41, 5.74) is 0.658. The molecule has 0 saturated carbocycles. The van der Waals surface area contributed by atoms with Crippen molar-refractivity contribution in [3.8, 4) is 11.5 Å². The highest BCUT2D eigenvalue weighted by Crippen LogP contribution is 2.23. The van der Waals surface area contributed by atoms with Crippen molar-refractivity contribution in [3.05, 3.63) is 54.3 Å². The van der Waals surface area contributed by atoms with Crippen LogP contribution in [-0.4, -0.2) is 31.2 Å². The van der Waals surface area contributed by atoms with E-state index in [1.807, 2.05) is 6.92 Å². The predicted molar refractivity (Wildman–Crippen MR) is 88.8 cm³/mol. The van der Waals surface area contributed by atoms with Crippen LogP contribution in [0.15, 0.2) is 48.5 Å². The Kier molecular flexibility index (Phi) is 5.08. The van der Waals surface area contributed by atoms with Gasteiger partial charge in [-0.25, -0.2) is 4.39 Å². The third-order valence-electron chi connectivity index (χ3n) is 3.75. The Balaban J connectivity index is 1.61. The molecular formula is C18H19FN2O3. The van der Waals surface area contributed by atoms with Gasteiger partial charge < -0.3 is 20.1 Å². The van der Waals surface area contributed by atoms with Gasteiger partial charge in [0.2, 0.25) is 5.91 Å². The lowest BCUT2D eigenvalue weighted by Crippen LogP contribution is -2.53. The molecule has 0 aromatic heterocycles. The number of halogens is 1. The summed E-state index contributed by atoms with van der Waals surface area (Å²) in [6.07, 6.45) is -0.172. The van der Waals surface area contributed by atoms with Crippen LogP contribution in [0.25, 0.3) is 0 Å². The Labute approximate surface area is 139 Å². The van der Waals surface area contributed by atoms with E-state index in [-0.39, 0.29) is 23.9 Å². The normalized spacial score (nSPS) is 20.4. The van der Waals surface area contributed by atoms with Gasteiger partial charge in [-0.2, -0.15) is 0 Å². The molecule has 2 aromatic carbocycles. The van der Waals surface area contributed by atoms with Crippen LogP contribution in [-0.2, 0) is 9.53 Å². The first-order chi connectivity index (χ1) is 11.6. The summed E-state index contributed by atoms with van der Waals surface area (Å²) in [6, 6.07) is 12.5. The zero-order valence-electron chi connectivity index (χ0n) is 13.3. The van der Waals surface area contributed by atoms with Gasteiger partial charge in [0.25, 0.3) is 0 Å². The molecule has 0 spiro atoms. The summed E-state index contributed by atoms with van der Waals surface area (Å²) in [5, 5.41) is 5.99. The van der Waals surface area contributed by atoms with Gasteiger partial charge >= 0.3 is 0 Å². The van der Waals surface area contributed by atoms with Crippen LogP contribution >= 0.6 is 0 Å². The third-order valence-corrected chi connectivity index (χ3v) is 3.75. The molecule has 1 aliphatic rings. The number of rotatable bonds is 4. The second-order valence-corrected chi connectivity index (χ2v) is 5.58. The second kappa shape index (κ2) is 7.42. The van der Waals surface area contributed by atoms with Gasteiger partial charge in [0.1, 0.15) is 23.4 Å². The van der Waals surface area contributed by atoms with E-state index in [1.165, 1.54) is 12.1 Å². The number of nitrogens with one attached hydrogen (secondary N) is 2. The maximum Gasteiger partial charge on any atom is 0.244 e. The Hall–Kier alpha value is -2.44. The number of morpholine rings is 1. The molecule has 3 rings (SSSR count). The van der Waals surface area contributed by atoms with Gasteiger partial charge in [-0.15, -0.1) is 0 Å². The van der Waals surface area contributed by atoms with E-state index in [1.54, 1.807) is 36.4 Å².